The number of carbonyl (C=O) groups is 2. The number of aryl methyl sites for hydroxylation is 3. The normalized spacial score (nSPS) is 19.9. The number of likely N-dealkylation sites (tertiary alicyclic amines) is 1. The second-order valence-electron chi connectivity index (χ2n) is 11.2. The summed E-state index contributed by atoms with van der Waals surface area (Å²) in [6.07, 6.45) is 1.25. The van der Waals surface area contributed by atoms with Gasteiger partial charge in [-0.25, -0.2) is 0 Å². The molecule has 230 valence electrons. The molecular weight excluding hydrogens is 550 g/mol. The molecule has 4 bridgehead atoms. The van der Waals surface area contributed by atoms with E-state index in [4.69, 9.17) is 18.9 Å². The van der Waals surface area contributed by atoms with Gasteiger partial charge in [0.2, 0.25) is 5.91 Å². The molecule has 2 N–H and O–H groups in total. The van der Waals surface area contributed by atoms with Gasteiger partial charge in [0.05, 0.1) is 26.0 Å². The third-order valence-electron chi connectivity index (χ3n) is 8.27. The highest BCUT2D eigenvalue weighted by Crippen LogP contribution is 2.30. The number of fused-ring (bicyclic) bond motifs is 9. The van der Waals surface area contributed by atoms with E-state index in [0.717, 1.165) is 35.6 Å². The molecular formula is C32H41N5O6. The van der Waals surface area contributed by atoms with Crippen LogP contribution in [0.4, 0.5) is 0 Å². The van der Waals surface area contributed by atoms with Gasteiger partial charge < -0.3 is 29.6 Å². The summed E-state index contributed by atoms with van der Waals surface area (Å²) in [6, 6.07) is 10.8. The number of aromatic nitrogens is 2. The van der Waals surface area contributed by atoms with Crippen LogP contribution >= 0.6 is 0 Å². The third-order valence-corrected chi connectivity index (χ3v) is 8.27. The van der Waals surface area contributed by atoms with E-state index in [0.29, 0.717) is 55.4 Å². The van der Waals surface area contributed by atoms with Gasteiger partial charge in [-0.2, -0.15) is 5.10 Å². The van der Waals surface area contributed by atoms with Crippen LogP contribution < -0.4 is 29.6 Å². The first-order valence-electron chi connectivity index (χ1n) is 14.6. The maximum Gasteiger partial charge on any atom is 0.258 e. The predicted molar refractivity (Wildman–Crippen MR) is 161 cm³/mol. The van der Waals surface area contributed by atoms with Gasteiger partial charge in [0.1, 0.15) is 17.6 Å². The van der Waals surface area contributed by atoms with Crippen LogP contribution in [-0.4, -0.2) is 72.6 Å². The van der Waals surface area contributed by atoms with Crippen molar-refractivity contribution in [2.45, 2.75) is 58.3 Å². The second-order valence-corrected chi connectivity index (χ2v) is 11.2. The Labute approximate surface area is 252 Å². The molecule has 43 heavy (non-hydrogen) atoms. The summed E-state index contributed by atoms with van der Waals surface area (Å²) in [4.78, 5) is 28.2. The Morgan fingerprint density at radius 3 is 2.58 bits per heavy atom. The molecule has 11 heteroatoms. The summed E-state index contributed by atoms with van der Waals surface area (Å²) in [5.74, 6) is 1.91. The lowest BCUT2D eigenvalue weighted by molar-refractivity contribution is -0.125. The zero-order valence-corrected chi connectivity index (χ0v) is 25.6. The van der Waals surface area contributed by atoms with E-state index in [1.165, 1.54) is 5.56 Å². The maximum absolute atomic E-state index is 13.3. The number of benzene rings is 2. The second kappa shape index (κ2) is 13.4. The summed E-state index contributed by atoms with van der Waals surface area (Å²) in [5.41, 5.74) is 5.10. The molecule has 4 heterocycles. The monoisotopic (exact) mass is 591 g/mol. The molecule has 1 aromatic heterocycles. The molecule has 0 aliphatic carbocycles. The van der Waals surface area contributed by atoms with Crippen molar-refractivity contribution in [3.63, 3.8) is 0 Å². The molecule has 11 nitrogen and oxygen atoms in total. The van der Waals surface area contributed by atoms with Crippen LogP contribution in [0.5, 0.6) is 23.0 Å². The smallest absolute Gasteiger partial charge is 0.258 e. The average Bonchev–Trinajstić information content (AvgIpc) is 3.24. The average molecular weight is 592 g/mol. The Morgan fingerprint density at radius 2 is 1.84 bits per heavy atom. The highest BCUT2D eigenvalue weighted by molar-refractivity contribution is 5.78. The van der Waals surface area contributed by atoms with Gasteiger partial charge in [0.25, 0.3) is 5.91 Å². The third kappa shape index (κ3) is 7.22. The van der Waals surface area contributed by atoms with Crippen molar-refractivity contribution < 1.29 is 28.5 Å². The van der Waals surface area contributed by atoms with Crippen LogP contribution in [0.2, 0.25) is 0 Å². The van der Waals surface area contributed by atoms with Crippen molar-refractivity contribution in [2.24, 2.45) is 7.05 Å². The van der Waals surface area contributed by atoms with E-state index in [1.54, 1.807) is 20.3 Å². The SMILES string of the molecule is COc1cc2ccc1CNC(=O)CCc1ccc(OC)c(c1)OCC(=O)N[C@@H]1CN(Cc3c(C)nn(C)c3C)CC[C@@H]1O2. The van der Waals surface area contributed by atoms with Crippen LogP contribution in [0.1, 0.15) is 40.9 Å². The summed E-state index contributed by atoms with van der Waals surface area (Å²) < 4.78 is 25.4. The van der Waals surface area contributed by atoms with Crippen molar-refractivity contribution in [3.05, 3.63) is 64.5 Å². The van der Waals surface area contributed by atoms with Gasteiger partial charge in [-0.1, -0.05) is 6.07 Å². The minimum Gasteiger partial charge on any atom is -0.496 e. The zero-order chi connectivity index (χ0) is 30.5. The summed E-state index contributed by atoms with van der Waals surface area (Å²) >= 11 is 0. The van der Waals surface area contributed by atoms with Crippen molar-refractivity contribution in [2.75, 3.05) is 33.9 Å². The number of ether oxygens (including phenoxy) is 4. The van der Waals surface area contributed by atoms with Crippen molar-refractivity contribution in [1.29, 1.82) is 0 Å². The van der Waals surface area contributed by atoms with E-state index in [-0.39, 0.29) is 30.6 Å². The summed E-state index contributed by atoms with van der Waals surface area (Å²) in [6.45, 7) is 6.39. The Morgan fingerprint density at radius 1 is 1.02 bits per heavy atom. The Hall–Kier alpha value is -4.25. The van der Waals surface area contributed by atoms with Crippen molar-refractivity contribution in [3.8, 4) is 23.0 Å². The number of hydrogen-bond donors (Lipinski definition) is 2. The molecule has 0 saturated carbocycles. The highest BCUT2D eigenvalue weighted by atomic mass is 16.5. The number of rotatable bonds is 4. The quantitative estimate of drug-likeness (QED) is 0.476. The van der Waals surface area contributed by atoms with E-state index in [1.807, 2.05) is 49.0 Å². The van der Waals surface area contributed by atoms with Crippen molar-refractivity contribution in [1.82, 2.24) is 25.3 Å². The van der Waals surface area contributed by atoms with Crippen LogP contribution in [0, 0.1) is 13.8 Å². The van der Waals surface area contributed by atoms with Crippen LogP contribution in [-0.2, 0) is 36.1 Å². The number of amides is 2. The fourth-order valence-electron chi connectivity index (χ4n) is 5.73. The first kappa shape index (κ1) is 30.2. The fraction of sp³-hybridized carbons (Fsp3) is 0.469. The van der Waals surface area contributed by atoms with Gasteiger partial charge in [-0.05, 0) is 56.5 Å². The highest BCUT2D eigenvalue weighted by Gasteiger charge is 2.33. The molecule has 3 aliphatic heterocycles. The van der Waals surface area contributed by atoms with E-state index < -0.39 is 0 Å². The molecule has 1 saturated heterocycles. The molecule has 2 atom stereocenters. The largest absolute Gasteiger partial charge is 0.496 e. The van der Waals surface area contributed by atoms with E-state index in [9.17, 15) is 9.59 Å². The van der Waals surface area contributed by atoms with E-state index >= 15 is 0 Å². The van der Waals surface area contributed by atoms with Crippen molar-refractivity contribution >= 4 is 11.8 Å². The molecule has 1 fully saturated rings. The molecule has 0 unspecified atom stereocenters. The number of methoxy groups -OCH3 is 2. The first-order chi connectivity index (χ1) is 20.7. The van der Waals surface area contributed by atoms with Gasteiger partial charge >= 0.3 is 0 Å². The molecule has 0 radical (unpaired) electrons. The van der Waals surface area contributed by atoms with Crippen LogP contribution in [0.15, 0.2) is 36.4 Å². The standard InChI is InChI=1S/C32H41N5O6/c1-20-25(21(2)36(3)35-20)17-37-13-12-27-26(18-37)34-32(39)19-42-30-14-22(6-10-28(30)40-4)7-11-31(38)33-16-23-8-9-24(43-27)15-29(23)41-5/h6,8-10,14-15,26-27H,7,11-13,16-19H2,1-5H3,(H,33,38)(H,34,39)/t26-,27+/m1/s1. The lowest BCUT2D eigenvalue weighted by Crippen LogP contribution is -2.57. The Kier molecular flexibility index (Phi) is 9.40. The topological polar surface area (TPSA) is 116 Å². The Bertz CT molecular complexity index is 1470. The molecule has 0 spiro atoms. The summed E-state index contributed by atoms with van der Waals surface area (Å²) in [7, 11) is 5.11. The molecule has 3 aromatic rings. The molecule has 6 rings (SSSR count). The van der Waals surface area contributed by atoms with E-state index in [2.05, 4.69) is 27.6 Å². The van der Waals surface area contributed by atoms with Gasteiger partial charge in [-0.15, -0.1) is 0 Å². The maximum atomic E-state index is 13.3. The number of nitrogens with one attached hydrogen (secondary N) is 2. The number of hydrogen-bond acceptors (Lipinski definition) is 8. The predicted octanol–water partition coefficient (Wildman–Crippen LogP) is 2.83. The number of carbonyl (C=O) groups excluding carboxylic acids is 2. The molecule has 3 aliphatic rings. The van der Waals surface area contributed by atoms with Gasteiger partial charge in [0.15, 0.2) is 18.1 Å². The number of piperidine rings is 1. The zero-order valence-electron chi connectivity index (χ0n) is 25.6. The molecule has 2 aromatic carbocycles. The van der Waals surface area contributed by atoms with Gasteiger partial charge in [0, 0.05) is 62.5 Å². The summed E-state index contributed by atoms with van der Waals surface area (Å²) in [5, 5.41) is 10.7. The molecule has 2 amide bonds. The van der Waals surface area contributed by atoms with Crippen LogP contribution in [0.25, 0.3) is 0 Å². The first-order valence-corrected chi connectivity index (χ1v) is 14.6. The Balaban J connectivity index is 1.41. The minimum absolute atomic E-state index is 0.0794. The minimum atomic E-state index is -0.289. The fourth-order valence-corrected chi connectivity index (χ4v) is 5.73. The van der Waals surface area contributed by atoms with Gasteiger partial charge in [-0.3, -0.25) is 19.2 Å². The lowest BCUT2D eigenvalue weighted by atomic mass is 10.0. The van der Waals surface area contributed by atoms with Crippen LogP contribution in [0.3, 0.4) is 0 Å². The lowest BCUT2D eigenvalue weighted by Gasteiger charge is -2.39. The number of nitrogens with zero attached hydrogens (tertiary/aromatic N) is 3.